The molecule has 1 atom stereocenters. The third kappa shape index (κ3) is 3.67. The summed E-state index contributed by atoms with van der Waals surface area (Å²) in [7, 11) is 0. The molecule has 0 radical (unpaired) electrons. The molecule has 7 heteroatoms. The number of hydrogen-bond acceptors (Lipinski definition) is 4. The summed E-state index contributed by atoms with van der Waals surface area (Å²) in [6.45, 7) is 7.48. The van der Waals surface area contributed by atoms with Crippen LogP contribution in [0.5, 0.6) is 0 Å². The lowest BCUT2D eigenvalue weighted by atomic mass is 9.90. The Balaban J connectivity index is 2.11. The van der Waals surface area contributed by atoms with Crippen LogP contribution in [0.3, 0.4) is 0 Å². The van der Waals surface area contributed by atoms with Gasteiger partial charge in [-0.15, -0.1) is 0 Å². The maximum absolute atomic E-state index is 12.3. The van der Waals surface area contributed by atoms with Gasteiger partial charge in [-0.25, -0.2) is 4.79 Å². The molecule has 0 aromatic carbocycles. The van der Waals surface area contributed by atoms with E-state index in [2.05, 4.69) is 0 Å². The number of amides is 2. The Morgan fingerprint density at radius 1 is 1.29 bits per heavy atom. The monoisotopic (exact) mass is 334 g/mol. The Kier molecular flexibility index (Phi) is 4.82. The maximum Gasteiger partial charge on any atom is 0.408 e. The Hall–Kier alpha value is -2.57. The van der Waals surface area contributed by atoms with Crippen LogP contribution in [-0.2, 0) is 9.59 Å². The molecule has 1 aliphatic rings. The molecule has 0 spiro atoms. The highest BCUT2D eigenvalue weighted by molar-refractivity contribution is 5.99. The molecular weight excluding hydrogens is 312 g/mol. The van der Waals surface area contributed by atoms with Crippen molar-refractivity contribution in [1.29, 1.82) is 0 Å². The predicted molar refractivity (Wildman–Crippen MR) is 88.7 cm³/mol. The van der Waals surface area contributed by atoms with Gasteiger partial charge in [-0.1, -0.05) is 20.8 Å². The zero-order valence-corrected chi connectivity index (χ0v) is 14.3. The molecule has 0 bridgehead atoms. The number of nitrogens with zero attached hydrogens (tertiary/aromatic N) is 2. The molecule has 1 aliphatic heterocycles. The molecule has 2 rings (SSSR count). The highest BCUT2D eigenvalue weighted by Gasteiger charge is 2.36. The molecule has 0 aliphatic carbocycles. The van der Waals surface area contributed by atoms with Gasteiger partial charge in [0.15, 0.2) is 5.78 Å². The van der Waals surface area contributed by atoms with Gasteiger partial charge in [0.1, 0.15) is 11.8 Å². The van der Waals surface area contributed by atoms with Crippen molar-refractivity contribution in [3.05, 3.63) is 24.0 Å². The van der Waals surface area contributed by atoms with E-state index in [1.54, 1.807) is 25.1 Å². The van der Waals surface area contributed by atoms with Crippen LogP contribution in [0.15, 0.2) is 22.6 Å². The predicted octanol–water partition coefficient (Wildman–Crippen LogP) is 2.62. The van der Waals surface area contributed by atoms with E-state index in [0.29, 0.717) is 11.6 Å². The first-order valence-electron chi connectivity index (χ1n) is 7.74. The van der Waals surface area contributed by atoms with Gasteiger partial charge in [0.2, 0.25) is 5.88 Å². The van der Waals surface area contributed by atoms with Crippen LogP contribution in [0.25, 0.3) is 6.08 Å². The standard InChI is InChI=1S/C17H22N2O5/c1-11-15(21)19(10-9-18(11)16(22)23)14-8-6-12(24-14)5-7-13(20)17(2,3)4/h5-8,11H,9-10H2,1-4H3,(H,22,23)/t11-/m1/s1. The first-order valence-corrected chi connectivity index (χ1v) is 7.74. The quantitative estimate of drug-likeness (QED) is 0.858. The number of furan rings is 1. The molecule has 0 unspecified atom stereocenters. The molecule has 1 saturated heterocycles. The van der Waals surface area contributed by atoms with Crippen LogP contribution in [0.1, 0.15) is 33.5 Å². The van der Waals surface area contributed by atoms with E-state index in [1.807, 2.05) is 20.8 Å². The SMILES string of the molecule is C[C@@H]1C(=O)N(c2ccc(C=CC(=O)C(C)(C)C)o2)CCN1C(=O)O. The first kappa shape index (κ1) is 17.8. The maximum atomic E-state index is 12.3. The number of carbonyl (C=O) groups is 3. The third-order valence-corrected chi connectivity index (χ3v) is 3.92. The lowest BCUT2D eigenvalue weighted by molar-refractivity contribution is -0.124. The zero-order valence-electron chi connectivity index (χ0n) is 14.3. The molecule has 2 amide bonds. The zero-order chi connectivity index (χ0) is 18.1. The molecule has 130 valence electrons. The van der Waals surface area contributed by atoms with Gasteiger partial charge in [0.25, 0.3) is 5.91 Å². The summed E-state index contributed by atoms with van der Waals surface area (Å²) in [5.41, 5.74) is -0.468. The number of ketones is 1. The fourth-order valence-electron chi connectivity index (χ4n) is 2.34. The van der Waals surface area contributed by atoms with Crippen LogP contribution in [-0.4, -0.2) is 46.9 Å². The number of rotatable bonds is 3. The lowest BCUT2D eigenvalue weighted by Gasteiger charge is -2.36. The van der Waals surface area contributed by atoms with Gasteiger partial charge in [-0.3, -0.25) is 19.4 Å². The van der Waals surface area contributed by atoms with Crippen LogP contribution in [0.4, 0.5) is 10.7 Å². The van der Waals surface area contributed by atoms with Crippen LogP contribution >= 0.6 is 0 Å². The molecule has 1 N–H and O–H groups in total. The van der Waals surface area contributed by atoms with Crippen molar-refractivity contribution in [2.24, 2.45) is 5.41 Å². The Bertz CT molecular complexity index is 683. The second-order valence-electron chi connectivity index (χ2n) is 6.77. The van der Waals surface area contributed by atoms with Gasteiger partial charge in [0, 0.05) is 24.6 Å². The molecule has 1 aromatic rings. The first-order chi connectivity index (χ1) is 11.1. The molecule has 1 fully saturated rings. The normalized spacial score (nSPS) is 19.2. The van der Waals surface area contributed by atoms with Crippen molar-refractivity contribution in [3.8, 4) is 0 Å². The summed E-state index contributed by atoms with van der Waals surface area (Å²) in [5.74, 6) is 0.447. The van der Waals surface area contributed by atoms with Crippen molar-refractivity contribution in [2.45, 2.75) is 33.7 Å². The summed E-state index contributed by atoms with van der Waals surface area (Å²) < 4.78 is 5.60. The number of anilines is 1. The number of carboxylic acid groups (broad SMARTS) is 1. The minimum absolute atomic E-state index is 0.0276. The van der Waals surface area contributed by atoms with Crippen LogP contribution < -0.4 is 4.90 Å². The molecule has 24 heavy (non-hydrogen) atoms. The van der Waals surface area contributed by atoms with E-state index in [9.17, 15) is 14.4 Å². The van der Waals surface area contributed by atoms with E-state index in [-0.39, 0.29) is 24.8 Å². The van der Waals surface area contributed by atoms with E-state index >= 15 is 0 Å². The van der Waals surface area contributed by atoms with Crippen molar-refractivity contribution >= 4 is 29.7 Å². The van der Waals surface area contributed by atoms with Crippen LogP contribution in [0, 0.1) is 5.41 Å². The summed E-state index contributed by atoms with van der Waals surface area (Å²) in [6.07, 6.45) is 1.91. The van der Waals surface area contributed by atoms with Gasteiger partial charge in [-0.05, 0) is 25.1 Å². The summed E-state index contributed by atoms with van der Waals surface area (Å²) >= 11 is 0. The fraction of sp³-hybridized carbons (Fsp3) is 0.471. The van der Waals surface area contributed by atoms with Gasteiger partial charge < -0.3 is 9.52 Å². The van der Waals surface area contributed by atoms with E-state index in [1.165, 1.54) is 11.0 Å². The fourth-order valence-corrected chi connectivity index (χ4v) is 2.34. The van der Waals surface area contributed by atoms with Gasteiger partial charge in [-0.2, -0.15) is 0 Å². The van der Waals surface area contributed by atoms with Gasteiger partial charge in [0.05, 0.1) is 0 Å². The lowest BCUT2D eigenvalue weighted by Crippen LogP contribution is -2.57. The smallest absolute Gasteiger partial charge is 0.408 e. The molecule has 1 aromatic heterocycles. The highest BCUT2D eigenvalue weighted by Crippen LogP contribution is 2.24. The summed E-state index contributed by atoms with van der Waals surface area (Å²) in [4.78, 5) is 37.8. The molecule has 7 nitrogen and oxygen atoms in total. The topological polar surface area (TPSA) is 91.1 Å². The summed E-state index contributed by atoms with van der Waals surface area (Å²) in [6, 6.07) is 2.55. The van der Waals surface area contributed by atoms with E-state index < -0.39 is 17.6 Å². The van der Waals surface area contributed by atoms with Crippen molar-refractivity contribution in [3.63, 3.8) is 0 Å². The van der Waals surface area contributed by atoms with Crippen molar-refractivity contribution < 1.29 is 23.9 Å². The number of carbonyl (C=O) groups excluding carboxylic acids is 2. The number of piperazine rings is 1. The second kappa shape index (κ2) is 6.51. The Labute approximate surface area is 140 Å². The average Bonchev–Trinajstić information content (AvgIpc) is 2.94. The van der Waals surface area contributed by atoms with Gasteiger partial charge >= 0.3 is 6.09 Å². The van der Waals surface area contributed by atoms with E-state index in [4.69, 9.17) is 9.52 Å². The average molecular weight is 334 g/mol. The second-order valence-corrected chi connectivity index (χ2v) is 6.77. The minimum atomic E-state index is -1.11. The minimum Gasteiger partial charge on any atom is -0.465 e. The van der Waals surface area contributed by atoms with Crippen molar-refractivity contribution in [2.75, 3.05) is 18.0 Å². The van der Waals surface area contributed by atoms with E-state index in [0.717, 1.165) is 4.90 Å². The number of hydrogen-bond donors (Lipinski definition) is 1. The third-order valence-electron chi connectivity index (χ3n) is 3.92. The largest absolute Gasteiger partial charge is 0.465 e. The molecule has 0 saturated carbocycles. The number of allylic oxidation sites excluding steroid dienone is 1. The Morgan fingerprint density at radius 3 is 2.54 bits per heavy atom. The summed E-state index contributed by atoms with van der Waals surface area (Å²) in [5, 5.41) is 9.07. The molecular formula is C17H22N2O5. The Morgan fingerprint density at radius 2 is 1.96 bits per heavy atom. The highest BCUT2D eigenvalue weighted by atomic mass is 16.4. The van der Waals surface area contributed by atoms with Crippen LogP contribution in [0.2, 0.25) is 0 Å². The molecule has 2 heterocycles. The van der Waals surface area contributed by atoms with Crippen molar-refractivity contribution in [1.82, 2.24) is 4.90 Å².